The molecular formula is C20H31N5O3. The number of aliphatic hydroxyl groups excluding tert-OH is 1. The fraction of sp³-hybridized carbons (Fsp3) is 0.800. The minimum absolute atomic E-state index is 0.0393. The Morgan fingerprint density at radius 2 is 1.86 bits per heavy atom. The molecule has 0 radical (unpaired) electrons. The van der Waals surface area contributed by atoms with Gasteiger partial charge in [-0.2, -0.15) is 0 Å². The highest BCUT2D eigenvalue weighted by Gasteiger charge is 2.41. The molecule has 1 saturated heterocycles. The Kier molecular flexibility index (Phi) is 5.40. The molecule has 2 atom stereocenters. The van der Waals surface area contributed by atoms with Crippen LogP contribution >= 0.6 is 0 Å². The number of hydrogen-bond acceptors (Lipinski definition) is 5. The third kappa shape index (κ3) is 3.54. The first-order chi connectivity index (χ1) is 13.5. The second-order valence-electron chi connectivity index (χ2n) is 8.77. The van der Waals surface area contributed by atoms with Gasteiger partial charge in [-0.05, 0) is 12.8 Å². The maximum Gasteiger partial charge on any atom is 0.226 e. The number of amides is 2. The van der Waals surface area contributed by atoms with E-state index in [0.29, 0.717) is 32.6 Å². The van der Waals surface area contributed by atoms with E-state index in [-0.39, 0.29) is 29.7 Å². The van der Waals surface area contributed by atoms with Crippen molar-refractivity contribution in [2.75, 3.05) is 13.1 Å². The van der Waals surface area contributed by atoms with Crippen molar-refractivity contribution in [2.45, 2.75) is 77.6 Å². The number of carbonyl (C=O) groups excluding carboxylic acids is 2. The van der Waals surface area contributed by atoms with Crippen molar-refractivity contribution >= 4 is 11.8 Å². The Bertz CT molecular complexity index is 740. The number of carbonyl (C=O) groups is 2. The minimum Gasteiger partial charge on any atom is -0.391 e. The zero-order valence-corrected chi connectivity index (χ0v) is 16.9. The second kappa shape index (κ2) is 7.81. The summed E-state index contributed by atoms with van der Waals surface area (Å²) < 4.78 is 2.05. The molecule has 8 nitrogen and oxygen atoms in total. The first-order valence-electron chi connectivity index (χ1n) is 10.6. The third-order valence-corrected chi connectivity index (χ3v) is 6.40. The number of aliphatic hydroxyl groups is 1. The summed E-state index contributed by atoms with van der Waals surface area (Å²) in [5, 5.41) is 19.0. The highest BCUT2D eigenvalue weighted by atomic mass is 16.3. The molecule has 1 aromatic rings. The monoisotopic (exact) mass is 389 g/mol. The van der Waals surface area contributed by atoms with Crippen LogP contribution in [0.1, 0.15) is 70.1 Å². The van der Waals surface area contributed by atoms with E-state index in [4.69, 9.17) is 0 Å². The quantitative estimate of drug-likeness (QED) is 0.846. The van der Waals surface area contributed by atoms with Crippen LogP contribution in [-0.4, -0.2) is 60.7 Å². The van der Waals surface area contributed by atoms with E-state index in [1.165, 1.54) is 6.42 Å². The van der Waals surface area contributed by atoms with Crippen LogP contribution < -0.4 is 0 Å². The normalized spacial score (nSPS) is 26.0. The largest absolute Gasteiger partial charge is 0.391 e. The van der Waals surface area contributed by atoms with Gasteiger partial charge in [-0.15, -0.1) is 10.2 Å². The SMILES string of the molecule is CC(C)C(=O)N1CCn2c(nnc2[C@@H]2C[C@H](O)CN2C(=O)C2CCCCC2)C1. The van der Waals surface area contributed by atoms with Gasteiger partial charge in [0.25, 0.3) is 0 Å². The first kappa shape index (κ1) is 19.4. The van der Waals surface area contributed by atoms with Gasteiger partial charge in [-0.3, -0.25) is 9.59 Å². The van der Waals surface area contributed by atoms with E-state index in [1.807, 2.05) is 28.2 Å². The number of aromatic nitrogens is 3. The van der Waals surface area contributed by atoms with Crippen molar-refractivity contribution in [3.05, 3.63) is 11.6 Å². The van der Waals surface area contributed by atoms with Gasteiger partial charge < -0.3 is 19.5 Å². The van der Waals surface area contributed by atoms with Crippen LogP contribution in [0.25, 0.3) is 0 Å². The molecular weight excluding hydrogens is 358 g/mol. The van der Waals surface area contributed by atoms with E-state index in [0.717, 1.165) is 37.3 Å². The number of hydrogen-bond donors (Lipinski definition) is 1. The number of rotatable bonds is 3. The van der Waals surface area contributed by atoms with Crippen molar-refractivity contribution in [3.8, 4) is 0 Å². The molecule has 3 heterocycles. The fourth-order valence-electron chi connectivity index (χ4n) is 4.87. The Hall–Kier alpha value is -1.96. The summed E-state index contributed by atoms with van der Waals surface area (Å²) in [6.07, 6.45) is 5.30. The fourth-order valence-corrected chi connectivity index (χ4v) is 4.87. The smallest absolute Gasteiger partial charge is 0.226 e. The van der Waals surface area contributed by atoms with Crippen LogP contribution in [0.2, 0.25) is 0 Å². The zero-order chi connectivity index (χ0) is 19.8. The molecule has 154 valence electrons. The molecule has 3 aliphatic rings. The van der Waals surface area contributed by atoms with Gasteiger partial charge >= 0.3 is 0 Å². The molecule has 2 amide bonds. The third-order valence-electron chi connectivity index (χ3n) is 6.40. The molecule has 1 N–H and O–H groups in total. The summed E-state index contributed by atoms with van der Waals surface area (Å²) in [6, 6.07) is -0.224. The lowest BCUT2D eigenvalue weighted by molar-refractivity contribution is -0.138. The van der Waals surface area contributed by atoms with Crippen molar-refractivity contribution in [3.63, 3.8) is 0 Å². The molecule has 1 saturated carbocycles. The van der Waals surface area contributed by atoms with Gasteiger partial charge in [0.15, 0.2) is 11.6 Å². The van der Waals surface area contributed by atoms with Crippen LogP contribution in [0.4, 0.5) is 0 Å². The maximum atomic E-state index is 13.1. The van der Waals surface area contributed by atoms with Crippen LogP contribution in [0.15, 0.2) is 0 Å². The summed E-state index contributed by atoms with van der Waals surface area (Å²) in [6.45, 7) is 5.90. The molecule has 1 aromatic heterocycles. The topological polar surface area (TPSA) is 91.6 Å². The Labute approximate surface area is 165 Å². The van der Waals surface area contributed by atoms with Gasteiger partial charge in [-0.1, -0.05) is 33.1 Å². The van der Waals surface area contributed by atoms with E-state index in [9.17, 15) is 14.7 Å². The Morgan fingerprint density at radius 1 is 1.11 bits per heavy atom. The molecule has 0 unspecified atom stereocenters. The summed E-state index contributed by atoms with van der Waals surface area (Å²) in [5.41, 5.74) is 0. The zero-order valence-electron chi connectivity index (χ0n) is 16.9. The highest BCUT2D eigenvalue weighted by Crippen LogP contribution is 2.36. The molecule has 8 heteroatoms. The van der Waals surface area contributed by atoms with Gasteiger partial charge in [0.05, 0.1) is 18.7 Å². The molecule has 2 fully saturated rings. The molecule has 4 rings (SSSR count). The predicted octanol–water partition coefficient (Wildman–Crippen LogP) is 1.49. The molecule has 0 aromatic carbocycles. The summed E-state index contributed by atoms with van der Waals surface area (Å²) in [5.74, 6) is 1.84. The average molecular weight is 390 g/mol. The summed E-state index contributed by atoms with van der Waals surface area (Å²) in [4.78, 5) is 29.1. The molecule has 1 aliphatic carbocycles. The lowest BCUT2D eigenvalue weighted by Crippen LogP contribution is -2.42. The molecule has 0 bridgehead atoms. The van der Waals surface area contributed by atoms with Crippen LogP contribution in [0.3, 0.4) is 0 Å². The van der Waals surface area contributed by atoms with Crippen molar-refractivity contribution in [1.82, 2.24) is 24.6 Å². The first-order valence-corrected chi connectivity index (χ1v) is 10.6. The van der Waals surface area contributed by atoms with E-state index >= 15 is 0 Å². The van der Waals surface area contributed by atoms with Crippen molar-refractivity contribution in [1.29, 1.82) is 0 Å². The van der Waals surface area contributed by atoms with E-state index < -0.39 is 6.10 Å². The standard InChI is InChI=1S/C20H31N5O3/c1-13(2)19(27)23-8-9-24-17(12-23)21-22-18(24)16-10-15(26)11-25(16)20(28)14-6-4-3-5-7-14/h13-16,26H,3-12H2,1-2H3/t15-,16-/m0/s1. The Morgan fingerprint density at radius 3 is 2.57 bits per heavy atom. The number of β-amino-alcohol motifs (C(OH)–C–C–N with tert-alkyl or cyclic N) is 1. The Balaban J connectivity index is 1.54. The van der Waals surface area contributed by atoms with E-state index in [1.54, 1.807) is 0 Å². The van der Waals surface area contributed by atoms with Gasteiger partial charge in [0.2, 0.25) is 11.8 Å². The average Bonchev–Trinajstić information content (AvgIpc) is 3.29. The minimum atomic E-state index is -0.520. The lowest BCUT2D eigenvalue weighted by atomic mass is 9.88. The number of nitrogens with zero attached hydrogens (tertiary/aromatic N) is 5. The predicted molar refractivity (Wildman–Crippen MR) is 102 cm³/mol. The summed E-state index contributed by atoms with van der Waals surface area (Å²) in [7, 11) is 0. The van der Waals surface area contributed by atoms with Gasteiger partial charge in [0.1, 0.15) is 0 Å². The van der Waals surface area contributed by atoms with Crippen LogP contribution in [0.5, 0.6) is 0 Å². The summed E-state index contributed by atoms with van der Waals surface area (Å²) >= 11 is 0. The van der Waals surface area contributed by atoms with Gasteiger partial charge in [0, 0.05) is 37.9 Å². The van der Waals surface area contributed by atoms with Crippen molar-refractivity contribution < 1.29 is 14.7 Å². The number of likely N-dealkylation sites (tertiary alicyclic amines) is 1. The maximum absolute atomic E-state index is 13.1. The molecule has 2 aliphatic heterocycles. The van der Waals surface area contributed by atoms with Crippen LogP contribution in [0, 0.1) is 11.8 Å². The van der Waals surface area contributed by atoms with E-state index in [2.05, 4.69) is 10.2 Å². The molecule has 0 spiro atoms. The second-order valence-corrected chi connectivity index (χ2v) is 8.77. The highest BCUT2D eigenvalue weighted by molar-refractivity contribution is 5.80. The van der Waals surface area contributed by atoms with Gasteiger partial charge in [-0.25, -0.2) is 0 Å². The van der Waals surface area contributed by atoms with Crippen molar-refractivity contribution in [2.24, 2.45) is 11.8 Å². The van der Waals surface area contributed by atoms with Crippen LogP contribution in [-0.2, 0) is 22.7 Å². The molecule has 28 heavy (non-hydrogen) atoms. The number of fused-ring (bicyclic) bond motifs is 1. The lowest BCUT2D eigenvalue weighted by Gasteiger charge is -2.32.